The molecular formula is C15H17N5O4S2. The van der Waals surface area contributed by atoms with Gasteiger partial charge in [-0.3, -0.25) is 4.68 Å². The number of aryl methyl sites for hydroxylation is 2. The molecule has 0 saturated carbocycles. The van der Waals surface area contributed by atoms with Gasteiger partial charge in [-0.15, -0.1) is 11.3 Å². The van der Waals surface area contributed by atoms with E-state index in [0.717, 1.165) is 4.88 Å². The Morgan fingerprint density at radius 2 is 2.23 bits per heavy atom. The van der Waals surface area contributed by atoms with Crippen LogP contribution in [0.4, 0.5) is 0 Å². The van der Waals surface area contributed by atoms with E-state index >= 15 is 0 Å². The zero-order chi connectivity index (χ0) is 18.3. The maximum absolute atomic E-state index is 13.2. The van der Waals surface area contributed by atoms with Gasteiger partial charge in [0, 0.05) is 19.2 Å². The van der Waals surface area contributed by atoms with Gasteiger partial charge in [-0.1, -0.05) is 11.2 Å². The molecule has 0 amide bonds. The first-order valence-electron chi connectivity index (χ1n) is 7.94. The van der Waals surface area contributed by atoms with Crippen molar-refractivity contribution in [3.8, 4) is 10.7 Å². The first-order chi connectivity index (χ1) is 12.5. The van der Waals surface area contributed by atoms with Crippen molar-refractivity contribution in [3.05, 3.63) is 35.2 Å². The molecule has 3 aromatic heterocycles. The molecule has 1 aliphatic heterocycles. The summed E-state index contributed by atoms with van der Waals surface area (Å²) >= 11 is 1.48. The quantitative estimate of drug-likeness (QED) is 0.661. The number of ether oxygens (including phenoxy) is 1. The lowest BCUT2D eigenvalue weighted by Crippen LogP contribution is -2.44. The first-order valence-corrected chi connectivity index (χ1v) is 10.3. The Morgan fingerprint density at radius 1 is 1.38 bits per heavy atom. The number of morpholine rings is 1. The van der Waals surface area contributed by atoms with Gasteiger partial charge >= 0.3 is 0 Å². The second kappa shape index (κ2) is 6.58. The monoisotopic (exact) mass is 395 g/mol. The number of hydrogen-bond donors (Lipinski definition) is 0. The van der Waals surface area contributed by atoms with E-state index in [1.807, 2.05) is 17.5 Å². The van der Waals surface area contributed by atoms with Gasteiger partial charge in [0.2, 0.25) is 11.7 Å². The van der Waals surface area contributed by atoms with Crippen molar-refractivity contribution >= 4 is 21.4 Å². The van der Waals surface area contributed by atoms with E-state index in [2.05, 4.69) is 15.2 Å². The zero-order valence-electron chi connectivity index (χ0n) is 14.2. The molecule has 1 atom stereocenters. The van der Waals surface area contributed by atoms with E-state index in [4.69, 9.17) is 9.26 Å². The normalized spacial score (nSPS) is 19.1. The summed E-state index contributed by atoms with van der Waals surface area (Å²) in [6.45, 7) is 2.38. The molecule has 1 aliphatic rings. The van der Waals surface area contributed by atoms with Crippen molar-refractivity contribution in [2.75, 3.05) is 19.8 Å². The van der Waals surface area contributed by atoms with Gasteiger partial charge in [0.15, 0.2) is 5.03 Å². The van der Waals surface area contributed by atoms with Gasteiger partial charge in [0.25, 0.3) is 10.0 Å². The Hall–Kier alpha value is -2.08. The fraction of sp³-hybridized carbons (Fsp3) is 0.400. The lowest BCUT2D eigenvalue weighted by molar-refractivity contribution is 0.0201. The van der Waals surface area contributed by atoms with Crippen LogP contribution in [0.5, 0.6) is 0 Å². The molecular weight excluding hydrogens is 378 g/mol. The molecule has 1 unspecified atom stereocenters. The van der Waals surface area contributed by atoms with Crippen molar-refractivity contribution in [1.29, 1.82) is 0 Å². The van der Waals surface area contributed by atoms with Crippen LogP contribution in [0.15, 0.2) is 33.3 Å². The summed E-state index contributed by atoms with van der Waals surface area (Å²) in [5.74, 6) is 0.658. The molecule has 4 rings (SSSR count). The topological polar surface area (TPSA) is 103 Å². The predicted molar refractivity (Wildman–Crippen MR) is 93.0 cm³/mol. The molecule has 138 valence electrons. The Morgan fingerprint density at radius 3 is 2.92 bits per heavy atom. The third-order valence-electron chi connectivity index (χ3n) is 4.16. The van der Waals surface area contributed by atoms with Crippen LogP contribution in [-0.2, 0) is 21.8 Å². The van der Waals surface area contributed by atoms with Crippen molar-refractivity contribution in [1.82, 2.24) is 24.2 Å². The van der Waals surface area contributed by atoms with Crippen molar-refractivity contribution < 1.29 is 17.7 Å². The van der Waals surface area contributed by atoms with Crippen molar-refractivity contribution in [3.63, 3.8) is 0 Å². The number of rotatable bonds is 4. The van der Waals surface area contributed by atoms with E-state index in [9.17, 15) is 8.42 Å². The van der Waals surface area contributed by atoms with Crippen LogP contribution in [0, 0.1) is 6.92 Å². The average molecular weight is 395 g/mol. The van der Waals surface area contributed by atoms with E-state index < -0.39 is 16.1 Å². The number of sulfonamides is 1. The molecule has 26 heavy (non-hydrogen) atoms. The lowest BCUT2D eigenvalue weighted by atomic mass is 10.3. The minimum atomic E-state index is -3.79. The maximum atomic E-state index is 13.2. The Balaban J connectivity index is 1.71. The van der Waals surface area contributed by atoms with Gasteiger partial charge in [-0.25, -0.2) is 8.42 Å². The summed E-state index contributed by atoms with van der Waals surface area (Å²) in [5, 5.41) is 10.1. The molecule has 0 radical (unpaired) electrons. The highest BCUT2D eigenvalue weighted by atomic mass is 32.2. The standard InChI is InChI=1S/C15H17N5O4S2/c1-10-8-16-19(2)15(10)26(21,22)20-5-6-23-9-11(20)14-17-13(18-24-14)12-4-3-7-25-12/h3-4,7-8,11H,5-6,9H2,1-2H3. The van der Waals surface area contributed by atoms with Crippen LogP contribution < -0.4 is 0 Å². The zero-order valence-corrected chi connectivity index (χ0v) is 15.8. The summed E-state index contributed by atoms with van der Waals surface area (Å²) in [6.07, 6.45) is 1.53. The molecule has 3 aromatic rings. The molecule has 11 heteroatoms. The number of thiophene rings is 1. The molecule has 0 spiro atoms. The summed E-state index contributed by atoms with van der Waals surface area (Å²) in [7, 11) is -2.19. The summed E-state index contributed by atoms with van der Waals surface area (Å²) in [5.41, 5.74) is 0.586. The fourth-order valence-electron chi connectivity index (χ4n) is 2.96. The molecule has 0 aromatic carbocycles. The average Bonchev–Trinajstić information content (AvgIpc) is 3.35. The van der Waals surface area contributed by atoms with Crippen LogP contribution in [0.2, 0.25) is 0 Å². The minimum Gasteiger partial charge on any atom is -0.378 e. The van der Waals surface area contributed by atoms with Gasteiger partial charge in [0.1, 0.15) is 6.04 Å². The largest absolute Gasteiger partial charge is 0.378 e. The van der Waals surface area contributed by atoms with Crippen LogP contribution >= 0.6 is 11.3 Å². The number of aromatic nitrogens is 4. The third-order valence-corrected chi connectivity index (χ3v) is 7.15. The minimum absolute atomic E-state index is 0.155. The highest BCUT2D eigenvalue weighted by Crippen LogP contribution is 2.32. The van der Waals surface area contributed by atoms with Crippen LogP contribution in [-0.4, -0.2) is 52.4 Å². The number of nitrogens with zero attached hydrogens (tertiary/aromatic N) is 5. The van der Waals surface area contributed by atoms with Gasteiger partial charge < -0.3 is 9.26 Å². The van der Waals surface area contributed by atoms with Crippen molar-refractivity contribution in [2.24, 2.45) is 7.05 Å². The van der Waals surface area contributed by atoms with Crippen molar-refractivity contribution in [2.45, 2.75) is 18.0 Å². The summed E-state index contributed by atoms with van der Waals surface area (Å²) in [4.78, 5) is 5.25. The Kier molecular flexibility index (Phi) is 4.39. The molecule has 1 fully saturated rings. The summed E-state index contributed by atoms with van der Waals surface area (Å²) in [6, 6.07) is 3.09. The van der Waals surface area contributed by atoms with Crippen LogP contribution in [0.3, 0.4) is 0 Å². The van der Waals surface area contributed by atoms with E-state index in [0.29, 0.717) is 18.0 Å². The van der Waals surface area contributed by atoms with Gasteiger partial charge in [0.05, 0.1) is 24.3 Å². The molecule has 4 heterocycles. The second-order valence-corrected chi connectivity index (χ2v) is 8.65. The second-order valence-electron chi connectivity index (χ2n) is 5.90. The number of hydrogen-bond acceptors (Lipinski definition) is 8. The molecule has 9 nitrogen and oxygen atoms in total. The van der Waals surface area contributed by atoms with Crippen LogP contribution in [0.25, 0.3) is 10.7 Å². The predicted octanol–water partition coefficient (Wildman–Crippen LogP) is 1.60. The summed E-state index contributed by atoms with van der Waals surface area (Å²) < 4.78 is 40.0. The lowest BCUT2D eigenvalue weighted by Gasteiger charge is -2.32. The SMILES string of the molecule is Cc1cnn(C)c1S(=O)(=O)N1CCOCC1c1nc(-c2cccs2)no1. The Bertz CT molecular complexity index is 989. The third kappa shape index (κ3) is 2.86. The maximum Gasteiger partial charge on any atom is 0.261 e. The molecule has 0 aliphatic carbocycles. The van der Waals surface area contributed by atoms with E-state index in [1.54, 1.807) is 14.0 Å². The smallest absolute Gasteiger partial charge is 0.261 e. The van der Waals surface area contributed by atoms with E-state index in [1.165, 1.54) is 26.5 Å². The Labute approximate surface area is 154 Å². The highest BCUT2D eigenvalue weighted by molar-refractivity contribution is 7.89. The molecule has 0 N–H and O–H groups in total. The van der Waals surface area contributed by atoms with Gasteiger partial charge in [-0.2, -0.15) is 14.4 Å². The fourth-order valence-corrected chi connectivity index (χ4v) is 5.48. The molecule has 0 bridgehead atoms. The first kappa shape index (κ1) is 17.3. The molecule has 1 saturated heterocycles. The highest BCUT2D eigenvalue weighted by Gasteiger charge is 2.40. The van der Waals surface area contributed by atoms with Crippen LogP contribution in [0.1, 0.15) is 17.5 Å². The van der Waals surface area contributed by atoms with E-state index in [-0.39, 0.29) is 24.1 Å². The van der Waals surface area contributed by atoms with Gasteiger partial charge in [-0.05, 0) is 18.4 Å².